The number of imidazole rings is 1. The maximum Gasteiger partial charge on any atom is 0.309 e. The highest BCUT2D eigenvalue weighted by Crippen LogP contribution is 2.27. The first-order valence-corrected chi connectivity index (χ1v) is 12.9. The largest absolute Gasteiger partial charge is 0.492 e. The average Bonchev–Trinajstić information content (AvgIpc) is 3.44. The third-order valence-corrected chi connectivity index (χ3v) is 7.02. The zero-order chi connectivity index (χ0) is 26.2. The van der Waals surface area contributed by atoms with Crippen LogP contribution in [0.4, 0.5) is 5.82 Å². The molecule has 0 bridgehead atoms. The van der Waals surface area contributed by atoms with E-state index in [0.717, 1.165) is 75.5 Å². The quantitative estimate of drug-likeness (QED) is 0.331. The van der Waals surface area contributed by atoms with Crippen LogP contribution < -0.4 is 15.2 Å². The Labute approximate surface area is 217 Å². The SMILES string of the molecule is COC(=O)Cc1cccc(OCCN(C)CCCN2CCC(Cn3c(OC)nc4c(N)n[nH]c43)CC2)c1. The number of nitrogens with one attached hydrogen (secondary N) is 1. The van der Waals surface area contributed by atoms with Crippen molar-refractivity contribution in [2.75, 3.05) is 66.3 Å². The number of nitrogen functional groups attached to an aromatic ring is 1. The van der Waals surface area contributed by atoms with Crippen LogP contribution in [0.3, 0.4) is 0 Å². The van der Waals surface area contributed by atoms with Crippen molar-refractivity contribution < 1.29 is 19.0 Å². The Hall–Kier alpha value is -3.31. The molecule has 3 heterocycles. The highest BCUT2D eigenvalue weighted by Gasteiger charge is 2.23. The lowest BCUT2D eigenvalue weighted by atomic mass is 9.96. The van der Waals surface area contributed by atoms with Gasteiger partial charge in [-0.05, 0) is 76.1 Å². The van der Waals surface area contributed by atoms with E-state index in [2.05, 4.69) is 36.6 Å². The molecule has 11 heteroatoms. The molecule has 1 aromatic carbocycles. The molecular weight excluding hydrogens is 474 g/mol. The van der Waals surface area contributed by atoms with E-state index in [1.165, 1.54) is 7.11 Å². The van der Waals surface area contributed by atoms with Gasteiger partial charge in [-0.3, -0.25) is 14.5 Å². The minimum Gasteiger partial charge on any atom is -0.492 e. The van der Waals surface area contributed by atoms with Crippen LogP contribution in [0.5, 0.6) is 11.8 Å². The van der Waals surface area contributed by atoms with E-state index in [1.807, 2.05) is 24.3 Å². The third-order valence-electron chi connectivity index (χ3n) is 7.02. The van der Waals surface area contributed by atoms with Crippen LogP contribution in [0.1, 0.15) is 24.8 Å². The Kier molecular flexibility index (Phi) is 9.24. The van der Waals surface area contributed by atoms with Crippen LogP contribution in [0.25, 0.3) is 11.2 Å². The van der Waals surface area contributed by atoms with E-state index in [-0.39, 0.29) is 12.4 Å². The molecule has 2 aromatic heterocycles. The number of hydrogen-bond donors (Lipinski definition) is 2. The number of fused-ring (bicyclic) bond motifs is 1. The van der Waals surface area contributed by atoms with Crippen molar-refractivity contribution in [3.8, 4) is 11.8 Å². The highest BCUT2D eigenvalue weighted by atomic mass is 16.5. The van der Waals surface area contributed by atoms with Gasteiger partial charge in [-0.25, -0.2) is 0 Å². The van der Waals surface area contributed by atoms with Crippen LogP contribution in [-0.4, -0.2) is 96.1 Å². The van der Waals surface area contributed by atoms with Crippen molar-refractivity contribution in [3.05, 3.63) is 29.8 Å². The van der Waals surface area contributed by atoms with Crippen LogP contribution in [0.2, 0.25) is 0 Å². The summed E-state index contributed by atoms with van der Waals surface area (Å²) >= 11 is 0. The van der Waals surface area contributed by atoms with Crippen LogP contribution in [0.15, 0.2) is 24.3 Å². The van der Waals surface area contributed by atoms with E-state index < -0.39 is 0 Å². The number of methoxy groups -OCH3 is 2. The van der Waals surface area contributed by atoms with Gasteiger partial charge in [-0.2, -0.15) is 10.1 Å². The predicted molar refractivity (Wildman–Crippen MR) is 142 cm³/mol. The number of likely N-dealkylation sites (N-methyl/N-ethyl adjacent to an activating group) is 1. The molecule has 3 N–H and O–H groups in total. The van der Waals surface area contributed by atoms with Gasteiger partial charge in [0.1, 0.15) is 12.4 Å². The summed E-state index contributed by atoms with van der Waals surface area (Å²) in [6.45, 7) is 6.64. The minimum absolute atomic E-state index is 0.249. The van der Waals surface area contributed by atoms with Crippen molar-refractivity contribution in [1.29, 1.82) is 0 Å². The fourth-order valence-corrected chi connectivity index (χ4v) is 4.85. The molecule has 1 saturated heterocycles. The van der Waals surface area contributed by atoms with Gasteiger partial charge in [0.25, 0.3) is 6.01 Å². The van der Waals surface area contributed by atoms with Crippen LogP contribution in [0, 0.1) is 5.92 Å². The summed E-state index contributed by atoms with van der Waals surface area (Å²) in [7, 11) is 5.17. The van der Waals surface area contributed by atoms with E-state index in [9.17, 15) is 4.79 Å². The number of nitrogens with two attached hydrogens (primary N) is 1. The Morgan fingerprint density at radius 1 is 1.24 bits per heavy atom. The number of anilines is 1. The number of nitrogens with zero attached hydrogens (tertiary/aromatic N) is 5. The summed E-state index contributed by atoms with van der Waals surface area (Å²) in [4.78, 5) is 20.8. The van der Waals surface area contributed by atoms with E-state index in [1.54, 1.807) is 7.11 Å². The van der Waals surface area contributed by atoms with Crippen LogP contribution >= 0.6 is 0 Å². The number of piperidine rings is 1. The van der Waals surface area contributed by atoms with Gasteiger partial charge in [0.15, 0.2) is 17.0 Å². The normalized spacial score (nSPS) is 14.9. The topological polar surface area (TPSA) is 124 Å². The number of hydrogen-bond acceptors (Lipinski definition) is 9. The third kappa shape index (κ3) is 7.14. The lowest BCUT2D eigenvalue weighted by molar-refractivity contribution is -0.139. The zero-order valence-electron chi connectivity index (χ0n) is 22.1. The number of rotatable bonds is 13. The van der Waals surface area contributed by atoms with Gasteiger partial charge < -0.3 is 29.7 Å². The van der Waals surface area contributed by atoms with Crippen molar-refractivity contribution in [3.63, 3.8) is 0 Å². The Morgan fingerprint density at radius 2 is 2.05 bits per heavy atom. The molecule has 1 aliphatic rings. The molecule has 4 rings (SSSR count). The number of aromatic nitrogens is 4. The van der Waals surface area contributed by atoms with Crippen LogP contribution in [-0.2, 0) is 22.5 Å². The molecular formula is C26H39N7O4. The molecule has 0 atom stereocenters. The standard InChI is InChI=1S/C26H39N7O4/c1-31(14-15-37-21-7-4-6-20(16-21)17-22(34)35-2)10-5-11-32-12-8-19(9-13-32)18-33-25-23(24(27)29-30-25)28-26(33)36-3/h4,6-7,16,19H,5,8-15,17-18H2,1-3H3,(H3,27,29,30). The number of aromatic amines is 1. The average molecular weight is 514 g/mol. The lowest BCUT2D eigenvalue weighted by Gasteiger charge is -2.32. The number of benzene rings is 1. The maximum absolute atomic E-state index is 11.5. The van der Waals surface area contributed by atoms with Gasteiger partial charge in [0.05, 0.1) is 20.6 Å². The molecule has 0 saturated carbocycles. The van der Waals surface area contributed by atoms with Gasteiger partial charge in [0, 0.05) is 13.1 Å². The van der Waals surface area contributed by atoms with Gasteiger partial charge in [-0.15, -0.1) is 0 Å². The number of ether oxygens (including phenoxy) is 3. The number of carbonyl (C=O) groups is 1. The van der Waals surface area contributed by atoms with Gasteiger partial charge >= 0.3 is 5.97 Å². The first-order valence-electron chi connectivity index (χ1n) is 12.9. The number of H-pyrrole nitrogens is 1. The Morgan fingerprint density at radius 3 is 2.81 bits per heavy atom. The molecule has 37 heavy (non-hydrogen) atoms. The molecule has 1 fully saturated rings. The molecule has 0 unspecified atom stereocenters. The smallest absolute Gasteiger partial charge is 0.309 e. The summed E-state index contributed by atoms with van der Waals surface area (Å²) in [5, 5.41) is 7.06. The summed E-state index contributed by atoms with van der Waals surface area (Å²) in [5.41, 5.74) is 8.31. The lowest BCUT2D eigenvalue weighted by Crippen LogP contribution is -2.37. The number of esters is 1. The van der Waals surface area contributed by atoms with E-state index in [0.29, 0.717) is 29.9 Å². The summed E-state index contributed by atoms with van der Waals surface area (Å²) < 4.78 is 18.2. The maximum atomic E-state index is 11.5. The summed E-state index contributed by atoms with van der Waals surface area (Å²) in [5.74, 6) is 1.50. The highest BCUT2D eigenvalue weighted by molar-refractivity contribution is 5.83. The predicted octanol–water partition coefficient (Wildman–Crippen LogP) is 2.18. The number of likely N-dealkylation sites (tertiary alicyclic amines) is 1. The van der Waals surface area contributed by atoms with Crippen molar-refractivity contribution in [2.24, 2.45) is 5.92 Å². The Bertz CT molecular complexity index is 1150. The van der Waals surface area contributed by atoms with E-state index >= 15 is 0 Å². The first kappa shape index (κ1) is 26.7. The second kappa shape index (κ2) is 12.8. The molecule has 3 aromatic rings. The molecule has 202 valence electrons. The second-order valence-corrected chi connectivity index (χ2v) is 9.71. The molecule has 0 radical (unpaired) electrons. The second-order valence-electron chi connectivity index (χ2n) is 9.71. The van der Waals surface area contributed by atoms with Crippen molar-refractivity contribution in [2.45, 2.75) is 32.2 Å². The molecule has 0 spiro atoms. The fraction of sp³-hybridized carbons (Fsp3) is 0.577. The zero-order valence-corrected chi connectivity index (χ0v) is 22.1. The summed E-state index contributed by atoms with van der Waals surface area (Å²) in [6.07, 6.45) is 3.67. The Balaban J connectivity index is 1.12. The van der Waals surface area contributed by atoms with Crippen molar-refractivity contribution in [1.82, 2.24) is 29.5 Å². The monoisotopic (exact) mass is 513 g/mol. The van der Waals surface area contributed by atoms with Gasteiger partial charge in [0.2, 0.25) is 0 Å². The fourth-order valence-electron chi connectivity index (χ4n) is 4.85. The molecule has 0 aliphatic carbocycles. The number of carbonyl (C=O) groups excluding carboxylic acids is 1. The molecule has 1 aliphatic heterocycles. The summed E-state index contributed by atoms with van der Waals surface area (Å²) in [6, 6.07) is 8.21. The first-order chi connectivity index (χ1) is 18.0. The van der Waals surface area contributed by atoms with Gasteiger partial charge in [-0.1, -0.05) is 12.1 Å². The molecule has 0 amide bonds. The van der Waals surface area contributed by atoms with Crippen molar-refractivity contribution >= 4 is 23.0 Å². The molecule has 11 nitrogen and oxygen atoms in total. The van der Waals surface area contributed by atoms with E-state index in [4.69, 9.17) is 19.9 Å². The minimum atomic E-state index is -0.249.